The van der Waals surface area contributed by atoms with Gasteiger partial charge >= 0.3 is 5.97 Å². The first-order valence-electron chi connectivity index (χ1n) is 5.54. The number of benzene rings is 1. The Labute approximate surface area is 104 Å². The van der Waals surface area contributed by atoms with Gasteiger partial charge in [0.15, 0.2) is 0 Å². The standard InChI is InChI=1S/C12H13N3O3/c13-11(12(17)18)14-15-9(6-7-10(15)16)8-4-2-1-3-5-8/h1-5,9H,6-7H2,(H2,13,14)(H,17,18). The topological polar surface area (TPSA) is 96.0 Å². The maximum Gasteiger partial charge on any atom is 0.373 e. The second-order valence-corrected chi connectivity index (χ2v) is 3.99. The number of carboxylic acid groups (broad SMARTS) is 1. The number of hydrogen-bond donors (Lipinski definition) is 2. The minimum absolute atomic E-state index is 0.215. The summed E-state index contributed by atoms with van der Waals surface area (Å²) in [6.07, 6.45) is 0.954. The van der Waals surface area contributed by atoms with Crippen molar-refractivity contribution >= 4 is 17.7 Å². The van der Waals surface area contributed by atoms with Gasteiger partial charge in [0.1, 0.15) is 0 Å². The Morgan fingerprint density at radius 3 is 2.67 bits per heavy atom. The minimum atomic E-state index is -1.33. The summed E-state index contributed by atoms with van der Waals surface area (Å²) in [6, 6.07) is 9.11. The molecule has 18 heavy (non-hydrogen) atoms. The molecule has 94 valence electrons. The van der Waals surface area contributed by atoms with Gasteiger partial charge in [-0.1, -0.05) is 30.3 Å². The number of nitrogens with two attached hydrogens (primary N) is 1. The Morgan fingerprint density at radius 2 is 2.06 bits per heavy atom. The van der Waals surface area contributed by atoms with Crippen molar-refractivity contribution in [1.82, 2.24) is 5.01 Å². The Kier molecular flexibility index (Phi) is 3.27. The molecule has 0 aliphatic carbocycles. The predicted octanol–water partition coefficient (Wildman–Crippen LogP) is 0.707. The Morgan fingerprint density at radius 1 is 1.39 bits per heavy atom. The molecule has 1 heterocycles. The fourth-order valence-corrected chi connectivity index (χ4v) is 1.94. The van der Waals surface area contributed by atoms with Gasteiger partial charge in [0.25, 0.3) is 0 Å². The highest BCUT2D eigenvalue weighted by Crippen LogP contribution is 2.32. The van der Waals surface area contributed by atoms with Gasteiger partial charge in [-0.15, -0.1) is 5.10 Å². The predicted molar refractivity (Wildman–Crippen MR) is 64.5 cm³/mol. The Balaban J connectivity index is 2.29. The summed E-state index contributed by atoms with van der Waals surface area (Å²) < 4.78 is 0. The molecule has 1 aliphatic rings. The molecule has 1 unspecified atom stereocenters. The van der Waals surface area contributed by atoms with Crippen molar-refractivity contribution in [3.8, 4) is 0 Å². The number of nitrogens with zero attached hydrogens (tertiary/aromatic N) is 2. The molecular formula is C12H13N3O3. The van der Waals surface area contributed by atoms with E-state index in [1.807, 2.05) is 30.3 Å². The molecule has 1 amide bonds. The van der Waals surface area contributed by atoms with E-state index in [9.17, 15) is 9.59 Å². The van der Waals surface area contributed by atoms with Crippen LogP contribution in [0, 0.1) is 0 Å². The summed E-state index contributed by atoms with van der Waals surface area (Å²) in [5, 5.41) is 13.6. The lowest BCUT2D eigenvalue weighted by Crippen LogP contribution is -2.30. The molecule has 1 saturated heterocycles. The van der Waals surface area contributed by atoms with Crippen molar-refractivity contribution in [2.24, 2.45) is 10.8 Å². The second kappa shape index (κ2) is 4.87. The summed E-state index contributed by atoms with van der Waals surface area (Å²) in [6.45, 7) is 0. The zero-order chi connectivity index (χ0) is 13.1. The van der Waals surface area contributed by atoms with Crippen molar-refractivity contribution < 1.29 is 14.7 Å². The van der Waals surface area contributed by atoms with Crippen LogP contribution in [0.4, 0.5) is 0 Å². The molecule has 1 aliphatic heterocycles. The third-order valence-corrected chi connectivity index (χ3v) is 2.80. The molecule has 1 atom stereocenters. The molecule has 3 N–H and O–H groups in total. The fourth-order valence-electron chi connectivity index (χ4n) is 1.94. The van der Waals surface area contributed by atoms with Crippen LogP contribution in [-0.2, 0) is 9.59 Å². The lowest BCUT2D eigenvalue weighted by Gasteiger charge is -2.19. The average molecular weight is 247 g/mol. The third-order valence-electron chi connectivity index (χ3n) is 2.80. The molecule has 0 aromatic heterocycles. The van der Waals surface area contributed by atoms with Gasteiger partial charge in [0, 0.05) is 6.42 Å². The van der Waals surface area contributed by atoms with Crippen LogP contribution in [-0.4, -0.2) is 27.8 Å². The van der Waals surface area contributed by atoms with Crippen molar-refractivity contribution in [1.29, 1.82) is 0 Å². The number of aliphatic carboxylic acids is 1. The molecule has 0 radical (unpaired) electrons. The van der Waals surface area contributed by atoms with Gasteiger partial charge in [-0.2, -0.15) is 0 Å². The van der Waals surface area contributed by atoms with Gasteiger partial charge < -0.3 is 10.8 Å². The zero-order valence-electron chi connectivity index (χ0n) is 9.61. The molecule has 0 spiro atoms. The molecule has 1 aromatic carbocycles. The maximum absolute atomic E-state index is 11.7. The van der Waals surface area contributed by atoms with Crippen LogP contribution in [0.5, 0.6) is 0 Å². The summed E-state index contributed by atoms with van der Waals surface area (Å²) in [4.78, 5) is 22.3. The van der Waals surface area contributed by atoms with E-state index < -0.39 is 11.8 Å². The second-order valence-electron chi connectivity index (χ2n) is 3.99. The first kappa shape index (κ1) is 12.1. The number of hydrogen-bond acceptors (Lipinski definition) is 3. The smallest absolute Gasteiger partial charge is 0.373 e. The molecule has 6 nitrogen and oxygen atoms in total. The van der Waals surface area contributed by atoms with E-state index in [0.717, 1.165) is 5.56 Å². The van der Waals surface area contributed by atoms with E-state index in [0.29, 0.717) is 12.8 Å². The van der Waals surface area contributed by atoms with E-state index in [2.05, 4.69) is 5.10 Å². The van der Waals surface area contributed by atoms with Crippen LogP contribution >= 0.6 is 0 Å². The molecule has 0 bridgehead atoms. The quantitative estimate of drug-likeness (QED) is 0.594. The maximum atomic E-state index is 11.7. The first-order chi connectivity index (χ1) is 8.59. The van der Waals surface area contributed by atoms with Crippen LogP contribution in [0.25, 0.3) is 0 Å². The number of amidine groups is 1. The zero-order valence-corrected chi connectivity index (χ0v) is 9.61. The Bertz CT molecular complexity index is 499. The number of carbonyl (C=O) groups is 2. The minimum Gasteiger partial charge on any atom is -0.475 e. The number of carboxylic acids is 1. The SMILES string of the molecule is NC(=NN1C(=O)CCC1c1ccccc1)C(=O)O. The highest BCUT2D eigenvalue weighted by Gasteiger charge is 2.32. The van der Waals surface area contributed by atoms with Crippen LogP contribution in [0.15, 0.2) is 35.4 Å². The van der Waals surface area contributed by atoms with E-state index in [1.165, 1.54) is 5.01 Å². The largest absolute Gasteiger partial charge is 0.475 e. The summed E-state index contributed by atoms with van der Waals surface area (Å²) >= 11 is 0. The van der Waals surface area contributed by atoms with Gasteiger partial charge in [-0.3, -0.25) is 4.79 Å². The van der Waals surface area contributed by atoms with Crippen molar-refractivity contribution in [3.63, 3.8) is 0 Å². The third kappa shape index (κ3) is 2.32. The van der Waals surface area contributed by atoms with Gasteiger partial charge in [0.2, 0.25) is 11.7 Å². The van der Waals surface area contributed by atoms with Gasteiger partial charge in [-0.05, 0) is 12.0 Å². The van der Waals surface area contributed by atoms with E-state index in [-0.39, 0.29) is 11.9 Å². The van der Waals surface area contributed by atoms with E-state index >= 15 is 0 Å². The summed E-state index contributed by atoms with van der Waals surface area (Å²) in [5.41, 5.74) is 6.18. The highest BCUT2D eigenvalue weighted by molar-refractivity contribution is 6.33. The van der Waals surface area contributed by atoms with Gasteiger partial charge in [0.05, 0.1) is 6.04 Å². The number of hydrazone groups is 1. The van der Waals surface area contributed by atoms with E-state index in [4.69, 9.17) is 10.8 Å². The van der Waals surface area contributed by atoms with Gasteiger partial charge in [-0.25, -0.2) is 9.80 Å². The lowest BCUT2D eigenvalue weighted by molar-refractivity contribution is -0.130. The fraction of sp³-hybridized carbons (Fsp3) is 0.250. The molecular weight excluding hydrogens is 234 g/mol. The van der Waals surface area contributed by atoms with Crippen LogP contribution < -0.4 is 5.73 Å². The molecule has 1 aromatic rings. The highest BCUT2D eigenvalue weighted by atomic mass is 16.4. The first-order valence-corrected chi connectivity index (χ1v) is 5.54. The molecule has 1 fully saturated rings. The van der Waals surface area contributed by atoms with Crippen LogP contribution in [0.2, 0.25) is 0 Å². The molecule has 0 saturated carbocycles. The number of amides is 1. The average Bonchev–Trinajstić information content (AvgIpc) is 2.72. The monoisotopic (exact) mass is 247 g/mol. The van der Waals surface area contributed by atoms with E-state index in [1.54, 1.807) is 0 Å². The van der Waals surface area contributed by atoms with Crippen molar-refractivity contribution in [2.75, 3.05) is 0 Å². The molecule has 6 heteroatoms. The Hall–Kier alpha value is -2.37. The number of rotatable bonds is 2. The molecule has 2 rings (SSSR count). The lowest BCUT2D eigenvalue weighted by atomic mass is 10.1. The summed E-state index contributed by atoms with van der Waals surface area (Å²) in [7, 11) is 0. The van der Waals surface area contributed by atoms with Crippen molar-refractivity contribution in [3.05, 3.63) is 35.9 Å². The normalized spacial score (nSPS) is 20.2. The number of carbonyl (C=O) groups excluding carboxylic acids is 1. The van der Waals surface area contributed by atoms with Crippen LogP contribution in [0.3, 0.4) is 0 Å². The van der Waals surface area contributed by atoms with Crippen LogP contribution in [0.1, 0.15) is 24.4 Å². The summed E-state index contributed by atoms with van der Waals surface area (Å²) in [5.74, 6) is -2.12. The van der Waals surface area contributed by atoms with Crippen molar-refractivity contribution in [2.45, 2.75) is 18.9 Å².